The largest absolute Gasteiger partial charge is 0.320 e. The average molecular weight is 507 g/mol. The van der Waals surface area contributed by atoms with Gasteiger partial charge in [-0.1, -0.05) is 72.0 Å². The monoisotopic (exact) mass is 506 g/mol. The Kier molecular flexibility index (Phi) is 7.37. The standard InChI is InChI=1S/C26H26N4O3S2/c1-17-11-13-19(14-12-17)16-21-24(32)29(26(34)35-21)15-7-10-22(31)27-23-18(2)28(3)30(25(23)33)20-8-5-4-6-9-20/h4-6,8-9,11-14,16H,7,10,15H2,1-3H3,(H,27,31)/b21-16+. The van der Waals surface area contributed by atoms with E-state index >= 15 is 0 Å². The Morgan fingerprint density at radius 1 is 1.06 bits per heavy atom. The van der Waals surface area contributed by atoms with Crippen LogP contribution in [0.4, 0.5) is 5.69 Å². The maximum absolute atomic E-state index is 13.0. The van der Waals surface area contributed by atoms with E-state index in [2.05, 4.69) is 5.32 Å². The highest BCUT2D eigenvalue weighted by Crippen LogP contribution is 2.32. The Morgan fingerprint density at radius 3 is 2.43 bits per heavy atom. The molecule has 1 saturated heterocycles. The maximum Gasteiger partial charge on any atom is 0.295 e. The van der Waals surface area contributed by atoms with Gasteiger partial charge in [-0.25, -0.2) is 4.68 Å². The molecule has 4 rings (SSSR count). The third kappa shape index (κ3) is 5.31. The Bertz CT molecular complexity index is 1370. The van der Waals surface area contributed by atoms with Crippen molar-refractivity contribution in [1.29, 1.82) is 0 Å². The minimum atomic E-state index is -0.289. The van der Waals surface area contributed by atoms with Crippen LogP contribution in [0.2, 0.25) is 0 Å². The SMILES string of the molecule is Cc1ccc(/C=C2/SC(=S)N(CCCC(=O)Nc3c(C)n(C)n(-c4ccccc4)c3=O)C2=O)cc1. The van der Waals surface area contributed by atoms with Crippen LogP contribution in [-0.2, 0) is 16.6 Å². The molecule has 35 heavy (non-hydrogen) atoms. The minimum Gasteiger partial charge on any atom is -0.320 e. The first-order valence-corrected chi connectivity index (χ1v) is 12.4. The number of thiocarbonyl (C=S) groups is 1. The highest BCUT2D eigenvalue weighted by molar-refractivity contribution is 8.26. The number of thioether (sulfide) groups is 1. The van der Waals surface area contributed by atoms with Gasteiger partial charge in [0.25, 0.3) is 11.5 Å². The number of amides is 2. The summed E-state index contributed by atoms with van der Waals surface area (Å²) in [5, 5.41) is 2.76. The number of rotatable bonds is 7. The first-order chi connectivity index (χ1) is 16.8. The van der Waals surface area contributed by atoms with E-state index in [-0.39, 0.29) is 29.5 Å². The molecule has 1 aromatic heterocycles. The van der Waals surface area contributed by atoms with E-state index in [0.29, 0.717) is 27.9 Å². The molecule has 1 aliphatic heterocycles. The number of nitrogens with zero attached hydrogens (tertiary/aromatic N) is 3. The van der Waals surface area contributed by atoms with Gasteiger partial charge in [-0.3, -0.25) is 24.0 Å². The molecule has 0 atom stereocenters. The van der Waals surface area contributed by atoms with Gasteiger partial charge in [0.05, 0.1) is 16.3 Å². The fourth-order valence-electron chi connectivity index (χ4n) is 3.82. The number of aryl methyl sites for hydroxylation is 1. The summed E-state index contributed by atoms with van der Waals surface area (Å²) in [6, 6.07) is 17.2. The van der Waals surface area contributed by atoms with Gasteiger partial charge in [0.1, 0.15) is 10.0 Å². The van der Waals surface area contributed by atoms with Crippen molar-refractivity contribution in [2.75, 3.05) is 11.9 Å². The highest BCUT2D eigenvalue weighted by Gasteiger charge is 2.31. The van der Waals surface area contributed by atoms with Gasteiger partial charge < -0.3 is 5.32 Å². The van der Waals surface area contributed by atoms with Gasteiger partial charge in [-0.05, 0) is 44.0 Å². The van der Waals surface area contributed by atoms with E-state index in [9.17, 15) is 14.4 Å². The second-order valence-electron chi connectivity index (χ2n) is 8.33. The van der Waals surface area contributed by atoms with E-state index in [4.69, 9.17) is 12.2 Å². The molecule has 2 amide bonds. The zero-order chi connectivity index (χ0) is 25.1. The number of hydrogen-bond acceptors (Lipinski definition) is 5. The predicted octanol–water partition coefficient (Wildman–Crippen LogP) is 4.41. The molecule has 1 N–H and O–H groups in total. The van der Waals surface area contributed by atoms with Crippen molar-refractivity contribution in [1.82, 2.24) is 14.3 Å². The number of para-hydroxylation sites is 1. The van der Waals surface area contributed by atoms with Crippen molar-refractivity contribution in [3.63, 3.8) is 0 Å². The molecule has 0 bridgehead atoms. The number of anilines is 1. The third-order valence-electron chi connectivity index (χ3n) is 5.85. The zero-order valence-corrected chi connectivity index (χ0v) is 21.4. The smallest absolute Gasteiger partial charge is 0.295 e. The van der Waals surface area contributed by atoms with Crippen molar-refractivity contribution in [3.8, 4) is 5.69 Å². The Morgan fingerprint density at radius 2 is 1.74 bits per heavy atom. The zero-order valence-electron chi connectivity index (χ0n) is 19.8. The van der Waals surface area contributed by atoms with Crippen LogP contribution < -0.4 is 10.9 Å². The van der Waals surface area contributed by atoms with Crippen molar-refractivity contribution >= 4 is 51.9 Å². The molecule has 7 nitrogen and oxygen atoms in total. The van der Waals surface area contributed by atoms with E-state index in [1.165, 1.54) is 21.3 Å². The first kappa shape index (κ1) is 24.7. The number of aromatic nitrogens is 2. The topological polar surface area (TPSA) is 76.3 Å². The molecule has 0 aliphatic carbocycles. The van der Waals surface area contributed by atoms with Crippen LogP contribution in [-0.4, -0.2) is 36.9 Å². The van der Waals surface area contributed by atoms with Crippen LogP contribution in [0.5, 0.6) is 0 Å². The van der Waals surface area contributed by atoms with Gasteiger partial charge >= 0.3 is 0 Å². The molecule has 9 heteroatoms. The summed E-state index contributed by atoms with van der Waals surface area (Å²) in [6.07, 6.45) is 2.42. The predicted molar refractivity (Wildman–Crippen MR) is 145 cm³/mol. The van der Waals surface area contributed by atoms with Gasteiger partial charge in [0.15, 0.2) is 0 Å². The molecule has 0 radical (unpaired) electrons. The molecule has 2 heterocycles. The van der Waals surface area contributed by atoms with Gasteiger partial charge in [0.2, 0.25) is 5.91 Å². The lowest BCUT2D eigenvalue weighted by Gasteiger charge is -2.14. The number of hydrogen-bond donors (Lipinski definition) is 1. The van der Waals surface area contributed by atoms with E-state index in [0.717, 1.165) is 16.8 Å². The average Bonchev–Trinajstić information content (AvgIpc) is 3.22. The molecular weight excluding hydrogens is 480 g/mol. The fourth-order valence-corrected chi connectivity index (χ4v) is 5.13. The molecule has 1 fully saturated rings. The van der Waals surface area contributed by atoms with Crippen molar-refractivity contribution < 1.29 is 9.59 Å². The fraction of sp³-hybridized carbons (Fsp3) is 0.231. The van der Waals surface area contributed by atoms with Crippen LogP contribution in [0.25, 0.3) is 11.8 Å². The quantitative estimate of drug-likeness (QED) is 0.379. The number of carbonyl (C=O) groups excluding carboxylic acids is 2. The minimum absolute atomic E-state index is 0.148. The second kappa shape index (κ2) is 10.5. The summed E-state index contributed by atoms with van der Waals surface area (Å²) in [4.78, 5) is 40.5. The van der Waals surface area contributed by atoms with Crippen molar-refractivity contribution in [2.24, 2.45) is 7.05 Å². The number of benzene rings is 2. The summed E-state index contributed by atoms with van der Waals surface area (Å²) in [6.45, 7) is 4.14. The molecule has 2 aromatic carbocycles. The lowest BCUT2D eigenvalue weighted by Crippen LogP contribution is -2.30. The van der Waals surface area contributed by atoms with Crippen molar-refractivity contribution in [2.45, 2.75) is 26.7 Å². The van der Waals surface area contributed by atoms with Crippen LogP contribution in [0, 0.1) is 13.8 Å². The molecule has 0 unspecified atom stereocenters. The molecule has 1 aliphatic rings. The van der Waals surface area contributed by atoms with Crippen LogP contribution in [0.3, 0.4) is 0 Å². The summed E-state index contributed by atoms with van der Waals surface area (Å²) >= 11 is 6.66. The Balaban J connectivity index is 1.37. The molecule has 0 spiro atoms. The maximum atomic E-state index is 13.0. The lowest BCUT2D eigenvalue weighted by atomic mass is 10.1. The first-order valence-electron chi connectivity index (χ1n) is 11.2. The Labute approximate surface area is 213 Å². The summed E-state index contributed by atoms with van der Waals surface area (Å²) in [7, 11) is 1.78. The van der Waals surface area contributed by atoms with E-state index in [1.807, 2.05) is 67.6 Å². The summed E-state index contributed by atoms with van der Waals surface area (Å²) in [5.41, 5.74) is 3.44. The lowest BCUT2D eigenvalue weighted by molar-refractivity contribution is -0.122. The number of nitrogens with one attached hydrogen (secondary N) is 1. The molecule has 180 valence electrons. The molecule has 0 saturated carbocycles. The van der Waals surface area contributed by atoms with E-state index in [1.54, 1.807) is 18.7 Å². The van der Waals surface area contributed by atoms with Gasteiger partial charge in [-0.15, -0.1) is 0 Å². The Hall–Kier alpha value is -3.43. The summed E-state index contributed by atoms with van der Waals surface area (Å²) < 4.78 is 3.72. The second-order valence-corrected chi connectivity index (χ2v) is 10.0. The van der Waals surface area contributed by atoms with Crippen LogP contribution in [0.1, 0.15) is 29.7 Å². The third-order valence-corrected chi connectivity index (χ3v) is 7.23. The summed E-state index contributed by atoms with van der Waals surface area (Å²) in [5.74, 6) is -0.428. The van der Waals surface area contributed by atoms with Crippen LogP contribution in [0.15, 0.2) is 64.3 Å². The van der Waals surface area contributed by atoms with Gasteiger partial charge in [-0.2, -0.15) is 0 Å². The molecule has 3 aromatic rings. The molecular formula is C26H26N4O3S2. The van der Waals surface area contributed by atoms with E-state index < -0.39 is 0 Å². The number of carbonyl (C=O) groups is 2. The van der Waals surface area contributed by atoms with Gasteiger partial charge in [0, 0.05) is 20.0 Å². The normalized spacial score (nSPS) is 14.7. The van der Waals surface area contributed by atoms with Crippen molar-refractivity contribution in [3.05, 3.63) is 86.7 Å². The van der Waals surface area contributed by atoms with Crippen LogP contribution >= 0.6 is 24.0 Å². The highest BCUT2D eigenvalue weighted by atomic mass is 32.2.